The van der Waals surface area contributed by atoms with E-state index in [1.54, 1.807) is 53.1 Å². The number of anilines is 1. The van der Waals surface area contributed by atoms with Gasteiger partial charge in [0, 0.05) is 30.9 Å². The van der Waals surface area contributed by atoms with Gasteiger partial charge in [0.2, 0.25) is 5.88 Å². The van der Waals surface area contributed by atoms with Crippen molar-refractivity contribution in [1.82, 2.24) is 9.88 Å². The van der Waals surface area contributed by atoms with Crippen molar-refractivity contribution in [2.45, 2.75) is 38.3 Å². The van der Waals surface area contributed by atoms with Crippen LogP contribution in [-0.2, 0) is 9.59 Å². The Kier molecular flexibility index (Phi) is 7.88. The maximum absolute atomic E-state index is 15.2. The molecule has 2 aliphatic heterocycles. The lowest BCUT2D eigenvalue weighted by molar-refractivity contribution is -0.137. The molecule has 11 heteroatoms. The number of hydrogen-bond acceptors (Lipinski definition) is 6. The molecular weight excluding hydrogens is 541 g/mol. The van der Waals surface area contributed by atoms with E-state index in [0.29, 0.717) is 59.4 Å². The van der Waals surface area contributed by atoms with E-state index in [1.807, 2.05) is 0 Å². The quantitative estimate of drug-likeness (QED) is 0.436. The normalized spacial score (nSPS) is 17.3. The molecule has 1 atom stereocenters. The molecule has 40 heavy (non-hydrogen) atoms. The number of pyridine rings is 1. The molecule has 3 heterocycles. The molecular formula is C29H27ClFN3O6. The Morgan fingerprint density at radius 1 is 1.18 bits per heavy atom. The van der Waals surface area contributed by atoms with Crippen molar-refractivity contribution in [1.29, 1.82) is 0 Å². The van der Waals surface area contributed by atoms with Crippen LogP contribution in [0.4, 0.5) is 10.1 Å². The third kappa shape index (κ3) is 5.58. The summed E-state index contributed by atoms with van der Waals surface area (Å²) >= 11 is 6.13. The minimum Gasteiger partial charge on any atom is -0.492 e. The van der Waals surface area contributed by atoms with Gasteiger partial charge in [0.1, 0.15) is 17.3 Å². The predicted molar refractivity (Wildman–Crippen MR) is 145 cm³/mol. The second-order valence-electron chi connectivity index (χ2n) is 9.65. The average Bonchev–Trinajstić information content (AvgIpc) is 2.94. The number of fused-ring (bicyclic) bond motifs is 1. The molecule has 1 aromatic heterocycles. The molecule has 0 bridgehead atoms. The first-order valence-corrected chi connectivity index (χ1v) is 13.3. The first-order valence-electron chi connectivity index (χ1n) is 12.9. The summed E-state index contributed by atoms with van der Waals surface area (Å²) in [6.45, 7) is 2.33. The zero-order chi connectivity index (χ0) is 28.4. The van der Waals surface area contributed by atoms with Crippen molar-refractivity contribution in [2.75, 3.05) is 24.6 Å². The van der Waals surface area contributed by atoms with E-state index in [4.69, 9.17) is 26.2 Å². The van der Waals surface area contributed by atoms with Gasteiger partial charge in [-0.25, -0.2) is 9.37 Å². The number of piperidine rings is 1. The number of rotatable bonds is 7. The minimum atomic E-state index is -0.979. The summed E-state index contributed by atoms with van der Waals surface area (Å²) in [4.78, 5) is 44.5. The molecule has 0 spiro atoms. The molecule has 3 aromatic rings. The number of aromatic nitrogens is 1. The average molecular weight is 568 g/mol. The third-order valence-electron chi connectivity index (χ3n) is 7.02. The summed E-state index contributed by atoms with van der Waals surface area (Å²) in [6, 6.07) is 12.8. The molecule has 0 saturated carbocycles. The van der Waals surface area contributed by atoms with Crippen molar-refractivity contribution in [3.8, 4) is 22.8 Å². The van der Waals surface area contributed by atoms with Gasteiger partial charge >= 0.3 is 5.97 Å². The second-order valence-corrected chi connectivity index (χ2v) is 10.1. The van der Waals surface area contributed by atoms with Crippen LogP contribution < -0.4 is 14.4 Å². The molecule has 2 aromatic carbocycles. The largest absolute Gasteiger partial charge is 0.492 e. The number of para-hydroxylation sites is 1. The number of carboxylic acid groups (broad SMARTS) is 1. The maximum atomic E-state index is 15.2. The number of carboxylic acids is 1. The Labute approximate surface area is 235 Å². The van der Waals surface area contributed by atoms with Crippen molar-refractivity contribution < 1.29 is 33.4 Å². The number of likely N-dealkylation sites (tertiary alicyclic amines) is 1. The molecule has 1 N–H and O–H groups in total. The third-order valence-corrected chi connectivity index (χ3v) is 7.23. The first kappa shape index (κ1) is 27.4. The number of carbonyl (C=O) groups is 3. The molecule has 1 fully saturated rings. The predicted octanol–water partition coefficient (Wildman–Crippen LogP) is 4.81. The van der Waals surface area contributed by atoms with Crippen LogP contribution in [0.15, 0.2) is 54.7 Å². The van der Waals surface area contributed by atoms with Crippen LogP contribution >= 0.6 is 11.6 Å². The summed E-state index contributed by atoms with van der Waals surface area (Å²) in [5.41, 5.74) is 1.55. The van der Waals surface area contributed by atoms with Crippen molar-refractivity contribution in [3.05, 3.63) is 71.1 Å². The molecule has 208 valence electrons. The fourth-order valence-electron chi connectivity index (χ4n) is 5.02. The van der Waals surface area contributed by atoms with E-state index < -0.39 is 23.8 Å². The molecule has 0 radical (unpaired) electrons. The number of amides is 2. The van der Waals surface area contributed by atoms with Gasteiger partial charge in [-0.1, -0.05) is 35.9 Å². The van der Waals surface area contributed by atoms with Gasteiger partial charge in [0.15, 0.2) is 6.10 Å². The van der Waals surface area contributed by atoms with E-state index in [9.17, 15) is 14.4 Å². The molecule has 2 aliphatic rings. The topological polar surface area (TPSA) is 109 Å². The summed E-state index contributed by atoms with van der Waals surface area (Å²) in [5.74, 6) is -1.51. The van der Waals surface area contributed by atoms with Crippen LogP contribution in [-0.4, -0.2) is 64.6 Å². The molecule has 0 aliphatic carbocycles. The van der Waals surface area contributed by atoms with Gasteiger partial charge in [-0.3, -0.25) is 14.4 Å². The zero-order valence-electron chi connectivity index (χ0n) is 21.7. The van der Waals surface area contributed by atoms with Gasteiger partial charge in [0.25, 0.3) is 11.8 Å². The summed E-state index contributed by atoms with van der Waals surface area (Å²) < 4.78 is 26.5. The Morgan fingerprint density at radius 2 is 1.93 bits per heavy atom. The second kappa shape index (κ2) is 11.5. The highest BCUT2D eigenvalue weighted by Crippen LogP contribution is 2.37. The van der Waals surface area contributed by atoms with Crippen LogP contribution in [0.25, 0.3) is 11.1 Å². The Balaban J connectivity index is 1.28. The number of aliphatic carboxylic acids is 1. The maximum Gasteiger partial charge on any atom is 0.306 e. The fraction of sp³-hybridized carbons (Fsp3) is 0.310. The number of nitrogens with zero attached hydrogens (tertiary/aromatic N) is 3. The first-order chi connectivity index (χ1) is 19.2. The summed E-state index contributed by atoms with van der Waals surface area (Å²) in [6.07, 6.45) is 1.60. The molecule has 2 amide bonds. The number of benzene rings is 2. The highest BCUT2D eigenvalue weighted by atomic mass is 35.5. The van der Waals surface area contributed by atoms with Crippen molar-refractivity contribution >= 4 is 35.1 Å². The highest BCUT2D eigenvalue weighted by molar-refractivity contribution is 6.30. The lowest BCUT2D eigenvalue weighted by atomic mass is 9.99. The van der Waals surface area contributed by atoms with Gasteiger partial charge in [-0.05, 0) is 49.6 Å². The lowest BCUT2D eigenvalue weighted by Crippen LogP contribution is -2.54. The molecule has 1 saturated heterocycles. The number of hydrogen-bond donors (Lipinski definition) is 1. The van der Waals surface area contributed by atoms with E-state index in [1.165, 1.54) is 18.3 Å². The van der Waals surface area contributed by atoms with E-state index in [-0.39, 0.29) is 30.5 Å². The highest BCUT2D eigenvalue weighted by Gasteiger charge is 2.39. The lowest BCUT2D eigenvalue weighted by Gasteiger charge is -2.41. The number of ether oxygens (including phenoxy) is 2. The zero-order valence-corrected chi connectivity index (χ0v) is 22.4. The van der Waals surface area contributed by atoms with E-state index >= 15 is 4.39 Å². The van der Waals surface area contributed by atoms with Crippen LogP contribution in [0.1, 0.15) is 36.5 Å². The van der Waals surface area contributed by atoms with Gasteiger partial charge < -0.3 is 24.4 Å². The monoisotopic (exact) mass is 567 g/mol. The van der Waals surface area contributed by atoms with Gasteiger partial charge in [-0.2, -0.15) is 0 Å². The van der Waals surface area contributed by atoms with Gasteiger partial charge in [-0.15, -0.1) is 0 Å². The van der Waals surface area contributed by atoms with Crippen molar-refractivity contribution in [3.63, 3.8) is 0 Å². The fourth-order valence-corrected chi connectivity index (χ4v) is 5.17. The van der Waals surface area contributed by atoms with E-state index in [0.717, 1.165) is 0 Å². The number of carbonyl (C=O) groups excluding carboxylic acids is 2. The van der Waals surface area contributed by atoms with Crippen LogP contribution in [0.2, 0.25) is 5.02 Å². The Hall–Kier alpha value is -4.18. The van der Waals surface area contributed by atoms with Gasteiger partial charge in [0.05, 0.1) is 23.6 Å². The van der Waals surface area contributed by atoms with Crippen LogP contribution in [0.5, 0.6) is 11.6 Å². The Morgan fingerprint density at radius 3 is 2.65 bits per heavy atom. The molecule has 9 nitrogen and oxygen atoms in total. The smallest absolute Gasteiger partial charge is 0.306 e. The number of halogens is 2. The van der Waals surface area contributed by atoms with Crippen molar-refractivity contribution in [2.24, 2.45) is 0 Å². The van der Waals surface area contributed by atoms with Crippen LogP contribution in [0.3, 0.4) is 0 Å². The minimum absolute atomic E-state index is 0.0224. The summed E-state index contributed by atoms with van der Waals surface area (Å²) in [5, 5.41) is 9.25. The molecule has 0 unspecified atom stereocenters. The Bertz CT molecular complexity index is 1460. The summed E-state index contributed by atoms with van der Waals surface area (Å²) in [7, 11) is 0. The standard InChI is InChI=1S/C29H27ClFN3O6/c1-17-28(37)34(24-15-19(30)16-32-27(24)40-17)20-8-11-33(12-9-20)29(38)22-7-6-18(14-23(22)31)21-4-2-3-5-25(21)39-13-10-26(35)36/h2-7,14-17,20H,8-13H2,1H3,(H,35,36)/t17-/m0/s1. The van der Waals surface area contributed by atoms with Crippen LogP contribution in [0, 0.1) is 5.82 Å². The molecule has 5 rings (SSSR count). The SMILES string of the molecule is C[C@@H]1Oc2ncc(Cl)cc2N(C2CCN(C(=O)c3ccc(-c4ccccc4OCCC(=O)O)cc3F)CC2)C1=O. The van der Waals surface area contributed by atoms with E-state index in [2.05, 4.69) is 4.98 Å².